The molecule has 6 heteroatoms. The van der Waals surface area contributed by atoms with Crippen LogP contribution in [0, 0.1) is 0 Å². The lowest BCUT2D eigenvalue weighted by Gasteiger charge is -2.29. The number of hydrogen-bond donors (Lipinski definition) is 0. The first kappa shape index (κ1) is 21.0. The first-order valence-corrected chi connectivity index (χ1v) is 11.3. The minimum atomic E-state index is -0.113. The molecule has 1 aromatic heterocycles. The fourth-order valence-electron chi connectivity index (χ4n) is 5.06. The van der Waals surface area contributed by atoms with E-state index < -0.39 is 0 Å². The van der Waals surface area contributed by atoms with E-state index in [0.29, 0.717) is 34.9 Å². The van der Waals surface area contributed by atoms with Crippen molar-refractivity contribution in [1.82, 2.24) is 9.47 Å². The molecule has 2 aliphatic rings. The van der Waals surface area contributed by atoms with Gasteiger partial charge in [0.1, 0.15) is 0 Å². The monoisotopic (exact) mass is 448 g/mol. The Morgan fingerprint density at radius 3 is 2.69 bits per heavy atom. The van der Waals surface area contributed by atoms with Crippen LogP contribution in [-0.2, 0) is 11.3 Å². The van der Waals surface area contributed by atoms with E-state index >= 15 is 0 Å². The van der Waals surface area contributed by atoms with Crippen molar-refractivity contribution < 1.29 is 9.53 Å². The third kappa shape index (κ3) is 3.28. The number of likely N-dealkylation sites (tertiary alicyclic amines) is 1. The van der Waals surface area contributed by atoms with Crippen molar-refractivity contribution in [2.24, 2.45) is 0 Å². The molecule has 0 radical (unpaired) electrons. The Kier molecular flexibility index (Phi) is 5.39. The maximum Gasteiger partial charge on any atom is 0.259 e. The lowest BCUT2D eigenvalue weighted by atomic mass is 9.98. The van der Waals surface area contributed by atoms with Gasteiger partial charge in [0.15, 0.2) is 0 Å². The molecule has 2 aliphatic heterocycles. The zero-order valence-electron chi connectivity index (χ0n) is 18.2. The molecule has 5 rings (SSSR count). The van der Waals surface area contributed by atoms with Crippen LogP contribution in [0.4, 0.5) is 0 Å². The maximum atomic E-state index is 14.0. The fraction of sp³-hybridized carbons (Fsp3) is 0.308. The lowest BCUT2D eigenvalue weighted by molar-refractivity contribution is 0.0355. The van der Waals surface area contributed by atoms with Gasteiger partial charge >= 0.3 is 0 Å². The van der Waals surface area contributed by atoms with E-state index in [1.807, 2.05) is 60.4 Å². The first-order chi connectivity index (χ1) is 15.5. The number of carbonyl (C=O) groups is 1. The number of benzene rings is 2. The molecule has 0 saturated carbocycles. The summed E-state index contributed by atoms with van der Waals surface area (Å²) in [5, 5.41) is 0.554. The van der Waals surface area contributed by atoms with Crippen LogP contribution in [0.5, 0.6) is 0 Å². The molecule has 2 unspecified atom stereocenters. The van der Waals surface area contributed by atoms with Crippen molar-refractivity contribution >= 4 is 17.5 Å². The summed E-state index contributed by atoms with van der Waals surface area (Å²) in [5.74, 6) is -0.0786. The zero-order chi connectivity index (χ0) is 22.4. The number of amides is 1. The number of aromatic nitrogens is 1. The lowest BCUT2D eigenvalue weighted by Crippen LogP contribution is -2.43. The normalized spacial score (nSPS) is 17.8. The SMILES string of the molecule is COC(C)C1CCCN1C(=O)c1cc(-c2ccccc2)c(=O)n2c1-c1c(Cl)cccc1C2. The van der Waals surface area contributed by atoms with Gasteiger partial charge in [0.2, 0.25) is 0 Å². The van der Waals surface area contributed by atoms with Gasteiger partial charge in [0.25, 0.3) is 11.5 Å². The number of carbonyl (C=O) groups excluding carboxylic acids is 1. The van der Waals surface area contributed by atoms with Crippen LogP contribution >= 0.6 is 11.6 Å². The van der Waals surface area contributed by atoms with Crippen molar-refractivity contribution in [1.29, 1.82) is 0 Å². The van der Waals surface area contributed by atoms with Gasteiger partial charge in [-0.2, -0.15) is 0 Å². The zero-order valence-corrected chi connectivity index (χ0v) is 18.9. The highest BCUT2D eigenvalue weighted by Gasteiger charge is 2.37. The van der Waals surface area contributed by atoms with Crippen LogP contribution in [0.2, 0.25) is 5.02 Å². The molecule has 2 aromatic carbocycles. The third-order valence-corrected chi connectivity index (χ3v) is 7.06. The number of hydrogen-bond acceptors (Lipinski definition) is 3. The molecular weight excluding hydrogens is 424 g/mol. The molecule has 3 aromatic rings. The van der Waals surface area contributed by atoms with Crippen LogP contribution in [0.25, 0.3) is 22.4 Å². The number of rotatable bonds is 4. The predicted molar refractivity (Wildman–Crippen MR) is 126 cm³/mol. The molecule has 0 spiro atoms. The van der Waals surface area contributed by atoms with Crippen LogP contribution in [0.3, 0.4) is 0 Å². The molecule has 1 fully saturated rings. The molecular formula is C26H25ClN2O3. The van der Waals surface area contributed by atoms with Crippen molar-refractivity contribution in [3.63, 3.8) is 0 Å². The van der Waals surface area contributed by atoms with Crippen molar-refractivity contribution in [3.05, 3.63) is 81.1 Å². The molecule has 32 heavy (non-hydrogen) atoms. The molecule has 2 atom stereocenters. The van der Waals surface area contributed by atoms with Crippen LogP contribution < -0.4 is 5.56 Å². The number of fused-ring (bicyclic) bond motifs is 3. The summed E-state index contributed by atoms with van der Waals surface area (Å²) in [5.41, 5.74) is 4.09. The quantitative estimate of drug-likeness (QED) is 0.449. The van der Waals surface area contributed by atoms with Crippen LogP contribution in [0.1, 0.15) is 35.7 Å². The second-order valence-corrected chi connectivity index (χ2v) is 8.91. The minimum absolute atomic E-state index is 0.00683. The molecule has 3 heterocycles. The summed E-state index contributed by atoms with van der Waals surface area (Å²) < 4.78 is 7.27. The summed E-state index contributed by atoms with van der Waals surface area (Å²) in [4.78, 5) is 29.4. The maximum absolute atomic E-state index is 14.0. The largest absolute Gasteiger partial charge is 0.380 e. The van der Waals surface area contributed by atoms with E-state index in [9.17, 15) is 9.59 Å². The number of methoxy groups -OCH3 is 1. The molecule has 5 nitrogen and oxygen atoms in total. The van der Waals surface area contributed by atoms with E-state index in [1.165, 1.54) is 0 Å². The van der Waals surface area contributed by atoms with Crippen LogP contribution in [-0.4, -0.2) is 41.2 Å². The highest BCUT2D eigenvalue weighted by atomic mass is 35.5. The number of nitrogens with zero attached hydrogens (tertiary/aromatic N) is 2. The standard InChI is InChI=1S/C26H25ClN2O3/c1-16(32-2)22-12-7-13-28(22)26(31)20-14-19(17-8-4-3-5-9-17)25(30)29-15-18-10-6-11-21(27)23(18)24(20)29/h3-6,8-11,14,16,22H,7,12-13,15H2,1-2H3. The Morgan fingerprint density at radius 1 is 1.16 bits per heavy atom. The molecule has 164 valence electrons. The average Bonchev–Trinajstić information content (AvgIpc) is 3.45. The Morgan fingerprint density at radius 2 is 1.94 bits per heavy atom. The van der Waals surface area contributed by atoms with Gasteiger partial charge in [0, 0.05) is 24.8 Å². The predicted octanol–water partition coefficient (Wildman–Crippen LogP) is 4.84. The molecule has 0 N–H and O–H groups in total. The highest BCUT2D eigenvalue weighted by molar-refractivity contribution is 6.33. The van der Waals surface area contributed by atoms with E-state index in [2.05, 4.69) is 0 Å². The van der Waals surface area contributed by atoms with E-state index in [-0.39, 0.29) is 23.6 Å². The molecule has 1 amide bonds. The van der Waals surface area contributed by atoms with Gasteiger partial charge in [0.05, 0.1) is 35.0 Å². The van der Waals surface area contributed by atoms with Crippen molar-refractivity contribution in [2.45, 2.75) is 38.5 Å². The van der Waals surface area contributed by atoms with Gasteiger partial charge in [-0.15, -0.1) is 0 Å². The van der Waals surface area contributed by atoms with Gasteiger partial charge < -0.3 is 14.2 Å². The van der Waals surface area contributed by atoms with Crippen LogP contribution in [0.15, 0.2) is 59.4 Å². The van der Waals surface area contributed by atoms with E-state index in [4.69, 9.17) is 16.3 Å². The topological polar surface area (TPSA) is 51.5 Å². The van der Waals surface area contributed by atoms with Gasteiger partial charge in [-0.25, -0.2) is 0 Å². The second kappa shape index (κ2) is 8.23. The van der Waals surface area contributed by atoms with Gasteiger partial charge in [-0.1, -0.05) is 54.1 Å². The summed E-state index contributed by atoms with van der Waals surface area (Å²) in [7, 11) is 1.68. The summed E-state index contributed by atoms with van der Waals surface area (Å²) >= 11 is 6.58. The molecule has 0 aliphatic carbocycles. The second-order valence-electron chi connectivity index (χ2n) is 8.50. The van der Waals surface area contributed by atoms with Gasteiger partial charge in [-0.05, 0) is 43.0 Å². The van der Waals surface area contributed by atoms with Crippen molar-refractivity contribution in [2.75, 3.05) is 13.7 Å². The van der Waals surface area contributed by atoms with E-state index in [1.54, 1.807) is 17.7 Å². The molecule has 0 bridgehead atoms. The number of ether oxygens (including phenoxy) is 1. The Hall–Kier alpha value is -2.89. The minimum Gasteiger partial charge on any atom is -0.380 e. The van der Waals surface area contributed by atoms with Crippen molar-refractivity contribution in [3.8, 4) is 22.4 Å². The summed E-state index contributed by atoms with van der Waals surface area (Å²) in [6, 6.07) is 16.9. The summed E-state index contributed by atoms with van der Waals surface area (Å²) in [6.45, 7) is 3.08. The first-order valence-electron chi connectivity index (χ1n) is 11.0. The van der Waals surface area contributed by atoms with E-state index in [0.717, 1.165) is 29.5 Å². The highest BCUT2D eigenvalue weighted by Crippen LogP contribution is 2.40. The summed E-state index contributed by atoms with van der Waals surface area (Å²) in [6.07, 6.45) is 1.77. The smallest absolute Gasteiger partial charge is 0.259 e. The number of halogens is 1. The Balaban J connectivity index is 1.73. The van der Waals surface area contributed by atoms with Gasteiger partial charge in [-0.3, -0.25) is 9.59 Å². The number of pyridine rings is 1. The Bertz CT molecular complexity index is 1250. The third-order valence-electron chi connectivity index (χ3n) is 6.74. The molecule has 1 saturated heterocycles. The average molecular weight is 449 g/mol. The fourth-order valence-corrected chi connectivity index (χ4v) is 5.34. The Labute approximate surface area is 192 Å².